The highest BCUT2D eigenvalue weighted by Gasteiger charge is 2.11. The number of hydrogen-bond donors (Lipinski definition) is 1. The Labute approximate surface area is 102 Å². The standard InChI is InChI=1S/C11H12BrN3O/c1-3-4-8(16-2)7-5-13-11-10(7)15-9(12)6-14-11/h4-6H,3H2,1-2H3,(H,13,14)/b8-4+. The maximum atomic E-state index is 5.34. The molecule has 0 fully saturated rings. The SMILES string of the molecule is CC/C=C(/OC)c1c[nH]c2ncc(Br)nc12. The topological polar surface area (TPSA) is 50.8 Å². The van der Waals surface area contributed by atoms with E-state index in [4.69, 9.17) is 4.74 Å². The zero-order valence-electron chi connectivity index (χ0n) is 9.12. The average Bonchev–Trinajstić information content (AvgIpc) is 2.69. The zero-order valence-corrected chi connectivity index (χ0v) is 10.7. The highest BCUT2D eigenvalue weighted by molar-refractivity contribution is 9.10. The van der Waals surface area contributed by atoms with Crippen LogP contribution in [-0.2, 0) is 4.74 Å². The van der Waals surface area contributed by atoms with Crippen LogP contribution in [0.1, 0.15) is 18.9 Å². The Hall–Kier alpha value is -1.36. The molecular formula is C11H12BrN3O. The second-order valence-electron chi connectivity index (χ2n) is 3.27. The van der Waals surface area contributed by atoms with Crippen LogP contribution in [0, 0.1) is 0 Å². The van der Waals surface area contributed by atoms with Crippen molar-refractivity contribution in [2.24, 2.45) is 0 Å². The quantitative estimate of drug-likeness (QED) is 0.880. The maximum absolute atomic E-state index is 5.34. The summed E-state index contributed by atoms with van der Waals surface area (Å²) in [6.45, 7) is 2.06. The van der Waals surface area contributed by atoms with Gasteiger partial charge in [-0.15, -0.1) is 0 Å². The Morgan fingerprint density at radius 1 is 1.62 bits per heavy atom. The Kier molecular flexibility index (Phi) is 3.24. The third-order valence-corrected chi connectivity index (χ3v) is 2.61. The molecular weight excluding hydrogens is 270 g/mol. The number of H-pyrrole nitrogens is 1. The number of aromatic amines is 1. The van der Waals surface area contributed by atoms with E-state index in [0.29, 0.717) is 4.60 Å². The molecule has 0 unspecified atom stereocenters. The van der Waals surface area contributed by atoms with Gasteiger partial charge in [0.15, 0.2) is 5.65 Å². The number of halogens is 1. The van der Waals surface area contributed by atoms with Crippen molar-refractivity contribution in [1.82, 2.24) is 15.0 Å². The van der Waals surface area contributed by atoms with Crippen LogP contribution in [0.3, 0.4) is 0 Å². The van der Waals surface area contributed by atoms with E-state index < -0.39 is 0 Å². The number of allylic oxidation sites excluding steroid dienone is 1. The van der Waals surface area contributed by atoms with E-state index in [-0.39, 0.29) is 0 Å². The predicted molar refractivity (Wildman–Crippen MR) is 66.9 cm³/mol. The summed E-state index contributed by atoms with van der Waals surface area (Å²) in [4.78, 5) is 11.7. The van der Waals surface area contributed by atoms with Gasteiger partial charge in [0.25, 0.3) is 0 Å². The first kappa shape index (κ1) is 11.1. The van der Waals surface area contributed by atoms with Crippen LogP contribution in [0.4, 0.5) is 0 Å². The Morgan fingerprint density at radius 3 is 3.12 bits per heavy atom. The number of aromatic nitrogens is 3. The number of nitrogens with one attached hydrogen (secondary N) is 1. The number of fused-ring (bicyclic) bond motifs is 1. The minimum atomic E-state index is 0.716. The van der Waals surface area contributed by atoms with Gasteiger partial charge in [-0.2, -0.15) is 0 Å². The minimum absolute atomic E-state index is 0.716. The van der Waals surface area contributed by atoms with Gasteiger partial charge in [-0.1, -0.05) is 6.92 Å². The molecule has 0 amide bonds. The molecule has 2 rings (SSSR count). The summed E-state index contributed by atoms with van der Waals surface area (Å²) < 4.78 is 6.06. The molecule has 0 saturated carbocycles. The van der Waals surface area contributed by atoms with Crippen LogP contribution in [0.15, 0.2) is 23.1 Å². The van der Waals surface area contributed by atoms with Crippen LogP contribution >= 0.6 is 15.9 Å². The highest BCUT2D eigenvalue weighted by atomic mass is 79.9. The van der Waals surface area contributed by atoms with Crippen molar-refractivity contribution in [3.63, 3.8) is 0 Å². The maximum Gasteiger partial charge on any atom is 0.156 e. The van der Waals surface area contributed by atoms with E-state index in [2.05, 4.69) is 37.8 Å². The summed E-state index contributed by atoms with van der Waals surface area (Å²) in [5.41, 5.74) is 2.52. The third kappa shape index (κ3) is 1.95. The number of rotatable bonds is 3. The normalized spacial score (nSPS) is 12.1. The van der Waals surface area contributed by atoms with Crippen LogP contribution in [0.5, 0.6) is 0 Å². The predicted octanol–water partition coefficient (Wildman–Crippen LogP) is 3.12. The molecule has 0 aromatic carbocycles. The molecule has 0 saturated heterocycles. The van der Waals surface area contributed by atoms with Gasteiger partial charge < -0.3 is 9.72 Å². The van der Waals surface area contributed by atoms with E-state index in [0.717, 1.165) is 28.9 Å². The summed E-state index contributed by atoms with van der Waals surface area (Å²) in [7, 11) is 1.66. The zero-order chi connectivity index (χ0) is 11.5. The Morgan fingerprint density at radius 2 is 2.44 bits per heavy atom. The molecule has 0 bridgehead atoms. The molecule has 2 aromatic rings. The lowest BCUT2D eigenvalue weighted by Crippen LogP contribution is -1.88. The summed E-state index contributed by atoms with van der Waals surface area (Å²) in [5.74, 6) is 0.821. The number of nitrogens with zero attached hydrogens (tertiary/aromatic N) is 2. The van der Waals surface area contributed by atoms with E-state index in [1.165, 1.54) is 0 Å². The second kappa shape index (κ2) is 4.65. The van der Waals surface area contributed by atoms with E-state index >= 15 is 0 Å². The fourth-order valence-electron chi connectivity index (χ4n) is 1.55. The summed E-state index contributed by atoms with van der Waals surface area (Å²) in [5, 5.41) is 0. The fourth-order valence-corrected chi connectivity index (χ4v) is 1.83. The average molecular weight is 282 g/mol. The Balaban J connectivity index is 2.60. The molecule has 0 aliphatic carbocycles. The molecule has 1 N–H and O–H groups in total. The van der Waals surface area contributed by atoms with Crippen molar-refractivity contribution < 1.29 is 4.74 Å². The van der Waals surface area contributed by atoms with Gasteiger partial charge in [0.1, 0.15) is 15.9 Å². The molecule has 2 aromatic heterocycles. The number of ether oxygens (including phenoxy) is 1. The van der Waals surface area contributed by atoms with Gasteiger partial charge in [0, 0.05) is 6.20 Å². The summed E-state index contributed by atoms with van der Waals surface area (Å²) in [6, 6.07) is 0. The Bertz CT molecular complexity index is 533. The van der Waals surface area contributed by atoms with Gasteiger partial charge in [-0.3, -0.25) is 0 Å². The van der Waals surface area contributed by atoms with E-state index in [1.54, 1.807) is 13.3 Å². The fraction of sp³-hybridized carbons (Fsp3) is 0.273. The number of methoxy groups -OCH3 is 1. The van der Waals surface area contributed by atoms with Crippen molar-refractivity contribution in [2.75, 3.05) is 7.11 Å². The molecule has 0 aliphatic heterocycles. The lowest BCUT2D eigenvalue weighted by molar-refractivity contribution is 0.369. The van der Waals surface area contributed by atoms with Gasteiger partial charge in [0.05, 0.1) is 18.9 Å². The van der Waals surface area contributed by atoms with Crippen molar-refractivity contribution in [2.45, 2.75) is 13.3 Å². The van der Waals surface area contributed by atoms with Crippen LogP contribution in [0.2, 0.25) is 0 Å². The molecule has 0 radical (unpaired) electrons. The molecule has 5 heteroatoms. The minimum Gasteiger partial charge on any atom is -0.496 e. The van der Waals surface area contributed by atoms with Crippen LogP contribution in [0.25, 0.3) is 16.9 Å². The van der Waals surface area contributed by atoms with Crippen molar-refractivity contribution in [3.05, 3.63) is 28.6 Å². The molecule has 2 heterocycles. The van der Waals surface area contributed by atoms with Crippen LogP contribution < -0.4 is 0 Å². The van der Waals surface area contributed by atoms with Crippen LogP contribution in [-0.4, -0.2) is 22.1 Å². The van der Waals surface area contributed by atoms with Crippen molar-refractivity contribution in [1.29, 1.82) is 0 Å². The van der Waals surface area contributed by atoms with Gasteiger partial charge in [-0.05, 0) is 28.4 Å². The molecule has 0 spiro atoms. The first-order valence-electron chi connectivity index (χ1n) is 5.00. The monoisotopic (exact) mass is 281 g/mol. The summed E-state index contributed by atoms with van der Waals surface area (Å²) in [6.07, 6.45) is 6.46. The van der Waals surface area contributed by atoms with Crippen molar-refractivity contribution in [3.8, 4) is 0 Å². The van der Waals surface area contributed by atoms with Gasteiger partial charge in [-0.25, -0.2) is 9.97 Å². The molecule has 0 atom stereocenters. The lowest BCUT2D eigenvalue weighted by atomic mass is 10.2. The smallest absolute Gasteiger partial charge is 0.156 e. The largest absolute Gasteiger partial charge is 0.496 e. The van der Waals surface area contributed by atoms with Gasteiger partial charge in [0.2, 0.25) is 0 Å². The molecule has 0 aliphatic rings. The third-order valence-electron chi connectivity index (χ3n) is 2.23. The van der Waals surface area contributed by atoms with E-state index in [1.807, 2.05) is 12.3 Å². The van der Waals surface area contributed by atoms with Gasteiger partial charge >= 0.3 is 0 Å². The highest BCUT2D eigenvalue weighted by Crippen LogP contribution is 2.24. The molecule has 16 heavy (non-hydrogen) atoms. The molecule has 84 valence electrons. The lowest BCUT2D eigenvalue weighted by Gasteiger charge is -2.03. The first-order valence-corrected chi connectivity index (χ1v) is 5.79. The first-order chi connectivity index (χ1) is 7.76. The van der Waals surface area contributed by atoms with E-state index in [9.17, 15) is 0 Å². The van der Waals surface area contributed by atoms with Crippen molar-refractivity contribution >= 4 is 32.9 Å². The summed E-state index contributed by atoms with van der Waals surface area (Å²) >= 11 is 3.31. The second-order valence-corrected chi connectivity index (χ2v) is 4.09. The molecule has 4 nitrogen and oxygen atoms in total. The number of hydrogen-bond acceptors (Lipinski definition) is 3.